The minimum absolute atomic E-state index is 0.0634. The lowest BCUT2D eigenvalue weighted by Gasteiger charge is -2.26. The Morgan fingerprint density at radius 2 is 0.732 bits per heavy atom. The van der Waals surface area contributed by atoms with Crippen LogP contribution in [-0.4, -0.2) is 73.4 Å². The van der Waals surface area contributed by atoms with Crippen LogP contribution in [0.5, 0.6) is 0 Å². The molecule has 3 N–H and O–H groups in total. The maximum atomic E-state index is 13.1. The number of carbonyl (C=O) groups is 1. The summed E-state index contributed by atoms with van der Waals surface area (Å²) in [6, 6.07) is -0.785. The molecule has 8 nitrogen and oxygen atoms in total. The van der Waals surface area contributed by atoms with Crippen LogP contribution in [0.2, 0.25) is 0 Å². The number of allylic oxidation sites excluding steroid dienone is 20. The van der Waals surface area contributed by atoms with Gasteiger partial charge in [-0.15, -0.1) is 0 Å². The van der Waals surface area contributed by atoms with E-state index in [4.69, 9.17) is 9.05 Å². The molecule has 3 unspecified atom stereocenters. The van der Waals surface area contributed by atoms with Crippen LogP contribution >= 0.6 is 7.82 Å². The summed E-state index contributed by atoms with van der Waals surface area (Å²) in [5, 5.41) is 14.1. The fraction of sp³-hybridized carbons (Fsp3) is 0.712. The number of phosphoric acid groups is 1. The summed E-state index contributed by atoms with van der Waals surface area (Å²) in [5.74, 6) is -0.170. The van der Waals surface area contributed by atoms with E-state index in [-0.39, 0.29) is 19.1 Å². The number of unbranched alkanes of at least 4 members (excludes halogenated alkanes) is 28. The first-order valence-electron chi connectivity index (χ1n) is 33.9. The molecule has 1 amide bonds. The number of hydrogen-bond donors (Lipinski definition) is 3. The summed E-state index contributed by atoms with van der Waals surface area (Å²) >= 11 is 0. The van der Waals surface area contributed by atoms with Crippen LogP contribution in [-0.2, 0) is 18.4 Å². The van der Waals surface area contributed by atoms with E-state index < -0.39 is 20.0 Å². The van der Waals surface area contributed by atoms with E-state index in [9.17, 15) is 19.4 Å². The molecule has 0 aromatic rings. The lowest BCUT2D eigenvalue weighted by Crippen LogP contribution is -2.46. The van der Waals surface area contributed by atoms with Crippen molar-refractivity contribution in [3.05, 3.63) is 122 Å². The molecule has 82 heavy (non-hydrogen) atoms. The largest absolute Gasteiger partial charge is 0.472 e. The second-order valence-electron chi connectivity index (χ2n) is 23.8. The quantitative estimate of drug-likeness (QED) is 0.0243. The van der Waals surface area contributed by atoms with Crippen molar-refractivity contribution in [3.63, 3.8) is 0 Å². The molecule has 0 saturated carbocycles. The Morgan fingerprint density at radius 1 is 0.427 bits per heavy atom. The van der Waals surface area contributed by atoms with Gasteiger partial charge >= 0.3 is 7.82 Å². The van der Waals surface area contributed by atoms with Crippen molar-refractivity contribution in [2.45, 2.75) is 296 Å². The molecule has 0 rings (SSSR count). The summed E-state index contributed by atoms with van der Waals surface area (Å²) < 4.78 is 23.9. The highest BCUT2D eigenvalue weighted by Gasteiger charge is 2.28. The molecule has 0 aliphatic carbocycles. The second kappa shape index (κ2) is 62.4. The highest BCUT2D eigenvalue weighted by Crippen LogP contribution is 2.43. The zero-order valence-corrected chi connectivity index (χ0v) is 54.8. The number of quaternary nitrogens is 1. The summed E-state index contributed by atoms with van der Waals surface area (Å²) in [4.78, 5) is 23.4. The number of nitrogens with zero attached hydrogens (tertiary/aromatic N) is 1. The molecule has 0 bridgehead atoms. The standard InChI is InChI=1S/C73H129N2O6P/c1-6-8-10-12-14-16-18-20-22-24-26-28-30-32-33-34-35-36-37-38-39-40-41-43-45-47-49-51-53-55-57-59-61-63-65-67-73(77)74-71(70-81-82(78,79)80-69-68-75(3,4)5)72(76)66-64-62-60-58-56-54-52-50-48-46-44-42-31-29-27-25-23-21-19-17-15-13-11-9-7-2/h8,10,14,16,20,22,26,28,32-33,35-36,38-39,41,43,47,49,53,55,71-72,76H,6-7,9,11-13,15,17-19,21,23-25,27,29-31,34,37,40,42,44-46,48,50-52,54,56-70H2,1-5H3,(H-,74,77,78,79)/p+1/b10-8-,16-14-,22-20-,28-26-,33-32-,36-35-,39-38-,43-41-,49-47-,55-53-. The Labute approximate surface area is 507 Å². The number of aliphatic hydroxyl groups is 1. The average Bonchev–Trinajstić information content (AvgIpc) is 3.45. The van der Waals surface area contributed by atoms with Crippen LogP contribution in [0.15, 0.2) is 122 Å². The highest BCUT2D eigenvalue weighted by molar-refractivity contribution is 7.47. The first-order valence-corrected chi connectivity index (χ1v) is 35.4. The van der Waals surface area contributed by atoms with E-state index in [1.807, 2.05) is 21.1 Å². The predicted octanol–water partition coefficient (Wildman–Crippen LogP) is 21.7. The Kier molecular flexibility index (Phi) is 60.1. The predicted molar refractivity (Wildman–Crippen MR) is 359 cm³/mol. The molecule has 0 heterocycles. The van der Waals surface area contributed by atoms with Gasteiger partial charge in [-0.05, 0) is 89.9 Å². The van der Waals surface area contributed by atoms with Crippen LogP contribution in [0.3, 0.4) is 0 Å². The molecule has 0 fully saturated rings. The van der Waals surface area contributed by atoms with Gasteiger partial charge in [0.15, 0.2) is 0 Å². The number of likely N-dealkylation sites (N-methyl/N-ethyl adjacent to an activating group) is 1. The first-order chi connectivity index (χ1) is 40.0. The molecule has 0 aromatic carbocycles. The third kappa shape index (κ3) is 64.5. The monoisotopic (exact) mass is 1160 g/mol. The van der Waals surface area contributed by atoms with Crippen LogP contribution < -0.4 is 5.32 Å². The van der Waals surface area contributed by atoms with Gasteiger partial charge in [-0.2, -0.15) is 0 Å². The van der Waals surface area contributed by atoms with Crippen molar-refractivity contribution in [3.8, 4) is 0 Å². The lowest BCUT2D eigenvalue weighted by molar-refractivity contribution is -0.870. The summed E-state index contributed by atoms with van der Waals surface area (Å²) in [7, 11) is 1.59. The molecular weight excluding hydrogens is 1030 g/mol. The van der Waals surface area contributed by atoms with Gasteiger partial charge in [-0.25, -0.2) is 4.57 Å². The molecule has 0 saturated heterocycles. The van der Waals surface area contributed by atoms with E-state index >= 15 is 0 Å². The van der Waals surface area contributed by atoms with E-state index in [0.29, 0.717) is 23.9 Å². The van der Waals surface area contributed by atoms with Crippen LogP contribution in [0.25, 0.3) is 0 Å². The van der Waals surface area contributed by atoms with Crippen LogP contribution in [0, 0.1) is 0 Å². The minimum Gasteiger partial charge on any atom is -0.391 e. The molecule has 0 radical (unpaired) electrons. The molecule has 0 aliphatic rings. The fourth-order valence-corrected chi connectivity index (χ4v) is 10.2. The zero-order chi connectivity index (χ0) is 59.8. The first kappa shape index (κ1) is 78.9. The fourth-order valence-electron chi connectivity index (χ4n) is 9.49. The number of aliphatic hydroxyl groups excluding tert-OH is 1. The van der Waals surface area contributed by atoms with Crippen molar-refractivity contribution in [1.82, 2.24) is 5.32 Å². The second-order valence-corrected chi connectivity index (χ2v) is 25.3. The normalized spacial score (nSPS) is 14.5. The van der Waals surface area contributed by atoms with E-state index in [1.165, 1.54) is 141 Å². The minimum atomic E-state index is -4.35. The van der Waals surface area contributed by atoms with E-state index in [2.05, 4.69) is 141 Å². The summed E-state index contributed by atoms with van der Waals surface area (Å²) in [6.07, 6.45) is 92.8. The van der Waals surface area contributed by atoms with Crippen molar-refractivity contribution in [1.29, 1.82) is 0 Å². The number of phosphoric ester groups is 1. The third-order valence-electron chi connectivity index (χ3n) is 14.7. The Bertz CT molecular complexity index is 1750. The number of nitrogens with one attached hydrogen (secondary N) is 1. The molecule has 9 heteroatoms. The molecule has 3 atom stereocenters. The Morgan fingerprint density at radius 3 is 1.07 bits per heavy atom. The van der Waals surface area contributed by atoms with Gasteiger partial charge in [0.05, 0.1) is 39.9 Å². The van der Waals surface area contributed by atoms with Gasteiger partial charge in [0.2, 0.25) is 5.91 Å². The van der Waals surface area contributed by atoms with Crippen molar-refractivity contribution in [2.75, 3.05) is 40.9 Å². The third-order valence-corrected chi connectivity index (χ3v) is 15.7. The van der Waals surface area contributed by atoms with Gasteiger partial charge in [0.25, 0.3) is 0 Å². The number of rotatable bonds is 61. The number of carbonyl (C=O) groups excluding carboxylic acids is 1. The molecular formula is C73H130N2O6P+. The maximum absolute atomic E-state index is 13.1. The highest BCUT2D eigenvalue weighted by atomic mass is 31.2. The van der Waals surface area contributed by atoms with Gasteiger partial charge < -0.3 is 19.8 Å². The summed E-state index contributed by atoms with van der Waals surface area (Å²) in [5.41, 5.74) is 0. The van der Waals surface area contributed by atoms with Crippen molar-refractivity contribution < 1.29 is 32.9 Å². The average molecular weight is 1160 g/mol. The van der Waals surface area contributed by atoms with Crippen LogP contribution in [0.4, 0.5) is 0 Å². The van der Waals surface area contributed by atoms with Gasteiger partial charge in [-0.3, -0.25) is 13.8 Å². The maximum Gasteiger partial charge on any atom is 0.472 e. The molecule has 0 spiro atoms. The smallest absolute Gasteiger partial charge is 0.391 e. The van der Waals surface area contributed by atoms with Gasteiger partial charge in [0, 0.05) is 6.42 Å². The van der Waals surface area contributed by atoms with Crippen LogP contribution in [0.1, 0.15) is 284 Å². The Balaban J connectivity index is 4.19. The number of amides is 1. The lowest BCUT2D eigenvalue weighted by atomic mass is 10.0. The van der Waals surface area contributed by atoms with E-state index in [0.717, 1.165) is 116 Å². The molecule has 472 valence electrons. The summed E-state index contributed by atoms with van der Waals surface area (Å²) in [6.45, 7) is 4.77. The van der Waals surface area contributed by atoms with Crippen molar-refractivity contribution >= 4 is 13.7 Å². The Hall–Kier alpha value is -3.10. The van der Waals surface area contributed by atoms with Crippen molar-refractivity contribution in [2.24, 2.45) is 0 Å². The zero-order valence-electron chi connectivity index (χ0n) is 53.9. The van der Waals surface area contributed by atoms with Gasteiger partial charge in [-0.1, -0.05) is 309 Å². The van der Waals surface area contributed by atoms with E-state index in [1.54, 1.807) is 0 Å². The SMILES string of the molecule is CC/C=C\C/C=C\C/C=C\C/C=C\C/C=C\C/C=C\C/C=C\C/C=C\C/C=C\C/C=C\CCCCCCC(=O)NC(COP(=O)(O)OCC[N+](C)(C)C)C(O)CCCCCCCCCCCCCCCCCCCCCCCCCCC. The molecule has 0 aromatic heterocycles. The van der Waals surface area contributed by atoms with Gasteiger partial charge in [0.1, 0.15) is 13.2 Å². The molecule has 0 aliphatic heterocycles. The number of hydrogen-bond acceptors (Lipinski definition) is 5. The topological polar surface area (TPSA) is 105 Å².